The molecule has 0 radical (unpaired) electrons. The molecule has 0 saturated carbocycles. The highest BCUT2D eigenvalue weighted by Crippen LogP contribution is 2.16. The Morgan fingerprint density at radius 1 is 0.966 bits per heavy atom. The number of nitrogens with zero attached hydrogens (tertiary/aromatic N) is 1. The number of rotatable bonds is 11. The minimum Gasteiger partial charge on any atom is -0.491 e. The van der Waals surface area contributed by atoms with E-state index in [2.05, 4.69) is 29.0 Å². The normalized spacial score (nSPS) is 11.1. The first kappa shape index (κ1) is 22.7. The summed E-state index contributed by atoms with van der Waals surface area (Å²) in [5.74, 6) is -0.0162. The van der Waals surface area contributed by atoms with Crippen molar-refractivity contribution in [1.82, 2.24) is 10.3 Å². The van der Waals surface area contributed by atoms with Gasteiger partial charge in [0, 0.05) is 31.5 Å². The SMILES string of the molecule is CCN(CC)c1ccc(C(=O)NNS(=O)(=O)c2ccc(OCCOC)cc2)cc1. The van der Waals surface area contributed by atoms with Crippen LogP contribution >= 0.6 is 0 Å². The summed E-state index contributed by atoms with van der Waals surface area (Å²) in [6.07, 6.45) is 0. The fraction of sp³-hybridized carbons (Fsp3) is 0.350. The van der Waals surface area contributed by atoms with Crippen LogP contribution in [0.4, 0.5) is 5.69 Å². The minimum absolute atomic E-state index is 0.00812. The van der Waals surface area contributed by atoms with E-state index in [4.69, 9.17) is 9.47 Å². The average Bonchev–Trinajstić information content (AvgIpc) is 2.74. The maximum absolute atomic E-state index is 12.4. The van der Waals surface area contributed by atoms with E-state index in [9.17, 15) is 13.2 Å². The number of methoxy groups -OCH3 is 1. The topological polar surface area (TPSA) is 97.0 Å². The predicted molar refractivity (Wildman–Crippen MR) is 112 cm³/mol. The van der Waals surface area contributed by atoms with Gasteiger partial charge in [-0.1, -0.05) is 0 Å². The molecule has 8 nitrogen and oxygen atoms in total. The summed E-state index contributed by atoms with van der Waals surface area (Å²) in [6.45, 7) is 6.62. The molecule has 1 amide bonds. The molecule has 0 aliphatic carbocycles. The van der Waals surface area contributed by atoms with E-state index in [1.807, 2.05) is 12.1 Å². The molecule has 0 spiro atoms. The van der Waals surface area contributed by atoms with Gasteiger partial charge in [-0.2, -0.15) is 0 Å². The Morgan fingerprint density at radius 3 is 2.14 bits per heavy atom. The quantitative estimate of drug-likeness (QED) is 0.426. The van der Waals surface area contributed by atoms with Crippen molar-refractivity contribution in [3.63, 3.8) is 0 Å². The number of ether oxygens (including phenoxy) is 2. The predicted octanol–water partition coefficient (Wildman–Crippen LogP) is 2.18. The van der Waals surface area contributed by atoms with E-state index in [1.54, 1.807) is 19.2 Å². The van der Waals surface area contributed by atoms with Crippen molar-refractivity contribution in [2.45, 2.75) is 18.7 Å². The van der Waals surface area contributed by atoms with Crippen molar-refractivity contribution in [2.24, 2.45) is 0 Å². The summed E-state index contributed by atoms with van der Waals surface area (Å²) < 4.78 is 35.0. The second-order valence-electron chi connectivity index (χ2n) is 6.09. The number of hydrogen-bond acceptors (Lipinski definition) is 6. The smallest absolute Gasteiger partial charge is 0.266 e. The maximum atomic E-state index is 12.4. The Hall–Kier alpha value is -2.62. The fourth-order valence-electron chi connectivity index (χ4n) is 2.61. The summed E-state index contributed by atoms with van der Waals surface area (Å²) in [5, 5.41) is 0. The van der Waals surface area contributed by atoms with Crippen LogP contribution in [0.3, 0.4) is 0 Å². The number of carbonyl (C=O) groups is 1. The standard InChI is InChI=1S/C20H27N3O5S/c1-4-23(5-2)17-8-6-16(7-9-17)20(24)21-22-29(25,26)19-12-10-18(11-13-19)28-15-14-27-3/h6-13,22H,4-5,14-15H2,1-3H3,(H,21,24). The van der Waals surface area contributed by atoms with Gasteiger partial charge in [-0.15, -0.1) is 4.83 Å². The molecule has 0 saturated heterocycles. The van der Waals surface area contributed by atoms with Crippen molar-refractivity contribution in [3.05, 3.63) is 54.1 Å². The summed E-state index contributed by atoms with van der Waals surface area (Å²) in [6, 6.07) is 12.9. The molecule has 158 valence electrons. The van der Waals surface area contributed by atoms with E-state index in [0.29, 0.717) is 24.5 Å². The largest absolute Gasteiger partial charge is 0.491 e. The summed E-state index contributed by atoms with van der Waals surface area (Å²) in [4.78, 5) is 16.5. The van der Waals surface area contributed by atoms with Crippen molar-refractivity contribution in [1.29, 1.82) is 0 Å². The molecule has 2 aromatic rings. The van der Waals surface area contributed by atoms with Crippen LogP contribution < -0.4 is 19.9 Å². The molecule has 29 heavy (non-hydrogen) atoms. The summed E-state index contributed by atoms with van der Waals surface area (Å²) in [5.41, 5.74) is 3.58. The van der Waals surface area contributed by atoms with E-state index in [0.717, 1.165) is 18.8 Å². The number of nitrogens with one attached hydrogen (secondary N) is 2. The zero-order valence-corrected chi connectivity index (χ0v) is 17.7. The zero-order chi connectivity index (χ0) is 21.3. The van der Waals surface area contributed by atoms with Crippen LogP contribution in [-0.4, -0.2) is 47.7 Å². The molecule has 0 aliphatic rings. The molecule has 9 heteroatoms. The van der Waals surface area contributed by atoms with Gasteiger partial charge >= 0.3 is 0 Å². The van der Waals surface area contributed by atoms with Gasteiger partial charge in [0.2, 0.25) is 0 Å². The van der Waals surface area contributed by atoms with Gasteiger partial charge in [0.15, 0.2) is 0 Å². The molecule has 0 heterocycles. The lowest BCUT2D eigenvalue weighted by molar-refractivity contribution is 0.0945. The second-order valence-corrected chi connectivity index (χ2v) is 7.77. The molecule has 2 N–H and O–H groups in total. The van der Waals surface area contributed by atoms with Crippen LogP contribution in [0.25, 0.3) is 0 Å². The van der Waals surface area contributed by atoms with Crippen LogP contribution in [0.1, 0.15) is 24.2 Å². The molecule has 2 aromatic carbocycles. The maximum Gasteiger partial charge on any atom is 0.266 e. The molecule has 0 atom stereocenters. The van der Waals surface area contributed by atoms with Gasteiger partial charge < -0.3 is 14.4 Å². The highest BCUT2D eigenvalue weighted by atomic mass is 32.2. The van der Waals surface area contributed by atoms with Crippen molar-refractivity contribution in [3.8, 4) is 5.75 Å². The van der Waals surface area contributed by atoms with Crippen molar-refractivity contribution < 1.29 is 22.7 Å². The van der Waals surface area contributed by atoms with E-state index >= 15 is 0 Å². The van der Waals surface area contributed by atoms with Crippen LogP contribution in [0.15, 0.2) is 53.4 Å². The molecule has 0 unspecified atom stereocenters. The molecule has 0 fully saturated rings. The van der Waals surface area contributed by atoms with Crippen molar-refractivity contribution >= 4 is 21.6 Å². The first-order chi connectivity index (χ1) is 13.9. The van der Waals surface area contributed by atoms with Gasteiger partial charge in [-0.05, 0) is 62.4 Å². The Bertz CT molecular complexity index is 879. The number of benzene rings is 2. The van der Waals surface area contributed by atoms with Gasteiger partial charge in [-0.25, -0.2) is 8.42 Å². The van der Waals surface area contributed by atoms with Crippen molar-refractivity contribution in [2.75, 3.05) is 38.3 Å². The number of anilines is 1. The second kappa shape index (κ2) is 10.8. The number of sulfonamides is 1. The van der Waals surface area contributed by atoms with Crippen LogP contribution in [0.5, 0.6) is 5.75 Å². The monoisotopic (exact) mass is 421 g/mol. The molecule has 0 aliphatic heterocycles. The zero-order valence-electron chi connectivity index (χ0n) is 16.8. The molecular weight excluding hydrogens is 394 g/mol. The minimum atomic E-state index is -3.91. The van der Waals surface area contributed by atoms with E-state index in [1.165, 1.54) is 24.3 Å². The Morgan fingerprint density at radius 2 is 1.59 bits per heavy atom. The summed E-state index contributed by atoms with van der Waals surface area (Å²) in [7, 11) is -2.34. The van der Waals surface area contributed by atoms with Crippen LogP contribution in [0, 0.1) is 0 Å². The Balaban J connectivity index is 1.96. The Labute approximate surface area is 171 Å². The van der Waals surface area contributed by atoms with Gasteiger partial charge in [0.05, 0.1) is 11.5 Å². The van der Waals surface area contributed by atoms with Crippen LogP contribution in [-0.2, 0) is 14.8 Å². The van der Waals surface area contributed by atoms with Gasteiger partial charge in [0.25, 0.3) is 15.9 Å². The first-order valence-corrected chi connectivity index (χ1v) is 10.8. The van der Waals surface area contributed by atoms with E-state index < -0.39 is 15.9 Å². The number of hydrogen-bond donors (Lipinski definition) is 2. The third kappa shape index (κ3) is 6.45. The molecule has 0 aromatic heterocycles. The molecular formula is C20H27N3O5S. The first-order valence-electron chi connectivity index (χ1n) is 9.30. The number of hydrazine groups is 1. The third-order valence-corrected chi connectivity index (χ3v) is 5.51. The summed E-state index contributed by atoms with van der Waals surface area (Å²) >= 11 is 0. The van der Waals surface area contributed by atoms with Gasteiger partial charge in [0.1, 0.15) is 12.4 Å². The Kier molecular flexibility index (Phi) is 8.44. The average molecular weight is 422 g/mol. The lowest BCUT2D eigenvalue weighted by Gasteiger charge is -2.21. The molecule has 0 bridgehead atoms. The lowest BCUT2D eigenvalue weighted by Crippen LogP contribution is -2.41. The van der Waals surface area contributed by atoms with Crippen LogP contribution in [0.2, 0.25) is 0 Å². The number of amides is 1. The molecule has 2 rings (SSSR count). The highest BCUT2D eigenvalue weighted by Gasteiger charge is 2.16. The highest BCUT2D eigenvalue weighted by molar-refractivity contribution is 7.89. The number of carbonyl (C=O) groups excluding carboxylic acids is 1. The van der Waals surface area contributed by atoms with Gasteiger partial charge in [-0.3, -0.25) is 10.2 Å². The fourth-order valence-corrected chi connectivity index (χ4v) is 3.45. The lowest BCUT2D eigenvalue weighted by atomic mass is 10.2. The van der Waals surface area contributed by atoms with E-state index in [-0.39, 0.29) is 4.90 Å². The third-order valence-electron chi connectivity index (χ3n) is 4.25.